The van der Waals surface area contributed by atoms with Gasteiger partial charge in [-0.05, 0) is 78.9 Å². The summed E-state index contributed by atoms with van der Waals surface area (Å²) >= 11 is 0. The topological polar surface area (TPSA) is 78.9 Å². The van der Waals surface area contributed by atoms with E-state index in [-0.39, 0.29) is 22.6 Å². The zero-order chi connectivity index (χ0) is 29.6. The first kappa shape index (κ1) is 29.3. The fraction of sp³-hybridized carbons (Fsp3) is 0.0882. The molecule has 0 radical (unpaired) electrons. The van der Waals surface area contributed by atoms with E-state index in [1.165, 1.54) is 13.8 Å². The summed E-state index contributed by atoms with van der Waals surface area (Å²) in [5.74, 6) is -1.28. The predicted molar refractivity (Wildman–Crippen MR) is 159 cm³/mol. The quantitative estimate of drug-likeness (QED) is 0.150. The van der Waals surface area contributed by atoms with Crippen LogP contribution in [0, 0.1) is 0 Å². The lowest BCUT2D eigenvalue weighted by molar-refractivity contribution is -0.132. The SMILES string of the molecule is C=Cc1cc(-c2ccc(-c3ccc(OC(=O)C(=C)C)c(OC(=O)C(=C)C)c3)c(C=C)c2)ccc1OC(=O)C(=C)C. The fourth-order valence-corrected chi connectivity index (χ4v) is 3.56. The minimum absolute atomic E-state index is 0.0645. The molecule has 0 aliphatic heterocycles. The molecule has 0 aliphatic carbocycles. The Morgan fingerprint density at radius 1 is 0.550 bits per heavy atom. The van der Waals surface area contributed by atoms with Crippen LogP contribution in [0.2, 0.25) is 0 Å². The van der Waals surface area contributed by atoms with E-state index in [4.69, 9.17) is 14.2 Å². The average Bonchev–Trinajstić information content (AvgIpc) is 2.93. The molecular weight excluding hydrogens is 504 g/mol. The van der Waals surface area contributed by atoms with Gasteiger partial charge in [0.1, 0.15) is 5.75 Å². The molecular formula is C34H30O6. The van der Waals surface area contributed by atoms with Crippen molar-refractivity contribution in [2.75, 3.05) is 0 Å². The lowest BCUT2D eigenvalue weighted by atomic mass is 9.94. The predicted octanol–water partition coefficient (Wildman–Crippen LogP) is 7.75. The Morgan fingerprint density at radius 3 is 1.50 bits per heavy atom. The minimum Gasteiger partial charge on any atom is -0.423 e. The Bertz CT molecular complexity index is 1590. The summed E-state index contributed by atoms with van der Waals surface area (Å²) in [6, 6.07) is 16.1. The number of rotatable bonds is 10. The van der Waals surface area contributed by atoms with Gasteiger partial charge in [-0.1, -0.05) is 69.3 Å². The number of ether oxygens (including phenoxy) is 3. The van der Waals surface area contributed by atoms with E-state index in [2.05, 4.69) is 32.9 Å². The number of hydrogen-bond acceptors (Lipinski definition) is 6. The van der Waals surface area contributed by atoms with Crippen molar-refractivity contribution in [3.63, 3.8) is 0 Å². The molecule has 0 saturated heterocycles. The molecule has 0 N–H and O–H groups in total. The van der Waals surface area contributed by atoms with E-state index in [1.54, 1.807) is 43.3 Å². The maximum absolute atomic E-state index is 12.3. The van der Waals surface area contributed by atoms with Gasteiger partial charge in [0.05, 0.1) is 0 Å². The number of carbonyl (C=O) groups is 3. The summed E-state index contributed by atoms with van der Waals surface area (Å²) in [5.41, 5.74) is 5.42. The van der Waals surface area contributed by atoms with Crippen molar-refractivity contribution in [2.45, 2.75) is 20.8 Å². The van der Waals surface area contributed by atoms with Gasteiger partial charge in [-0.25, -0.2) is 14.4 Å². The molecule has 3 aromatic rings. The normalized spacial score (nSPS) is 10.2. The number of benzene rings is 3. The Balaban J connectivity index is 2.03. The molecule has 0 bridgehead atoms. The van der Waals surface area contributed by atoms with Gasteiger partial charge in [0.15, 0.2) is 11.5 Å². The summed E-state index contributed by atoms with van der Waals surface area (Å²) < 4.78 is 16.3. The first-order valence-electron chi connectivity index (χ1n) is 12.3. The molecule has 0 saturated carbocycles. The van der Waals surface area contributed by atoms with Gasteiger partial charge < -0.3 is 14.2 Å². The van der Waals surface area contributed by atoms with Crippen molar-refractivity contribution in [2.24, 2.45) is 0 Å². The van der Waals surface area contributed by atoms with Crippen LogP contribution in [-0.2, 0) is 14.4 Å². The number of esters is 3. The summed E-state index contributed by atoms with van der Waals surface area (Å²) in [6.45, 7) is 23.2. The van der Waals surface area contributed by atoms with Crippen LogP contribution in [0.5, 0.6) is 17.2 Å². The van der Waals surface area contributed by atoms with Crippen molar-refractivity contribution < 1.29 is 28.6 Å². The summed E-state index contributed by atoms with van der Waals surface area (Å²) in [5, 5.41) is 0. The second-order valence-electron chi connectivity index (χ2n) is 9.13. The van der Waals surface area contributed by atoms with E-state index >= 15 is 0 Å². The molecule has 6 heteroatoms. The Labute approximate surface area is 234 Å². The smallest absolute Gasteiger partial charge is 0.338 e. The third-order valence-corrected chi connectivity index (χ3v) is 5.74. The lowest BCUT2D eigenvalue weighted by Crippen LogP contribution is -2.12. The minimum atomic E-state index is -0.653. The van der Waals surface area contributed by atoms with Crippen LogP contribution in [-0.4, -0.2) is 17.9 Å². The van der Waals surface area contributed by atoms with Gasteiger partial charge in [-0.15, -0.1) is 0 Å². The van der Waals surface area contributed by atoms with Crippen LogP contribution in [0.25, 0.3) is 34.4 Å². The van der Waals surface area contributed by atoms with Crippen molar-refractivity contribution in [3.8, 4) is 39.5 Å². The molecule has 3 aromatic carbocycles. The molecule has 6 nitrogen and oxygen atoms in total. The van der Waals surface area contributed by atoms with Gasteiger partial charge >= 0.3 is 17.9 Å². The molecule has 0 amide bonds. The molecule has 0 heterocycles. The van der Waals surface area contributed by atoms with Crippen LogP contribution in [0.1, 0.15) is 31.9 Å². The highest BCUT2D eigenvalue weighted by Gasteiger charge is 2.17. The molecule has 40 heavy (non-hydrogen) atoms. The van der Waals surface area contributed by atoms with Crippen LogP contribution in [0.3, 0.4) is 0 Å². The zero-order valence-corrected chi connectivity index (χ0v) is 22.8. The fourth-order valence-electron chi connectivity index (χ4n) is 3.56. The lowest BCUT2D eigenvalue weighted by Gasteiger charge is -2.15. The summed E-state index contributed by atoms with van der Waals surface area (Å²) in [6.07, 6.45) is 3.33. The van der Waals surface area contributed by atoms with E-state index < -0.39 is 17.9 Å². The Morgan fingerprint density at radius 2 is 0.975 bits per heavy atom. The molecule has 0 aliphatic rings. The van der Waals surface area contributed by atoms with Crippen LogP contribution in [0.15, 0.2) is 104 Å². The molecule has 3 rings (SSSR count). The Hall–Kier alpha value is -5.23. The average molecular weight is 535 g/mol. The van der Waals surface area contributed by atoms with Crippen LogP contribution >= 0.6 is 0 Å². The maximum Gasteiger partial charge on any atom is 0.338 e. The highest BCUT2D eigenvalue weighted by Crippen LogP contribution is 2.37. The number of hydrogen-bond donors (Lipinski definition) is 0. The zero-order valence-electron chi connectivity index (χ0n) is 22.8. The van der Waals surface area contributed by atoms with E-state index in [0.717, 1.165) is 22.3 Å². The molecule has 0 aromatic heterocycles. The summed E-state index contributed by atoms with van der Waals surface area (Å²) in [4.78, 5) is 36.4. The number of carbonyl (C=O) groups excluding carboxylic acids is 3. The van der Waals surface area contributed by atoms with Crippen molar-refractivity contribution in [1.29, 1.82) is 0 Å². The third kappa shape index (κ3) is 6.79. The molecule has 0 spiro atoms. The maximum atomic E-state index is 12.3. The third-order valence-electron chi connectivity index (χ3n) is 5.74. The van der Waals surface area contributed by atoms with Crippen molar-refractivity contribution in [3.05, 3.63) is 115 Å². The molecule has 202 valence electrons. The molecule has 0 unspecified atom stereocenters. The standard InChI is InChI=1S/C34H30O6/c1-9-23-17-25(26-12-15-29(24(10-2)18-26)38-32(35)20(3)4)11-14-28(23)27-13-16-30(39-33(36)21(5)6)31(19-27)40-34(37)22(7)8/h9-19H,1-3,5,7H2,4,6,8H3. The highest BCUT2D eigenvalue weighted by atomic mass is 16.6. The summed E-state index contributed by atoms with van der Waals surface area (Å²) in [7, 11) is 0. The monoisotopic (exact) mass is 534 g/mol. The first-order valence-corrected chi connectivity index (χ1v) is 12.3. The van der Waals surface area contributed by atoms with Gasteiger partial charge in [-0.3, -0.25) is 0 Å². The molecule has 0 atom stereocenters. The van der Waals surface area contributed by atoms with Crippen molar-refractivity contribution in [1.82, 2.24) is 0 Å². The van der Waals surface area contributed by atoms with Gasteiger partial charge in [0.25, 0.3) is 0 Å². The van der Waals surface area contributed by atoms with E-state index in [1.807, 2.05) is 30.3 Å². The largest absolute Gasteiger partial charge is 0.423 e. The van der Waals surface area contributed by atoms with Crippen molar-refractivity contribution >= 4 is 30.1 Å². The van der Waals surface area contributed by atoms with Gasteiger partial charge in [-0.2, -0.15) is 0 Å². The second kappa shape index (κ2) is 12.5. The Kier molecular flexibility index (Phi) is 9.20. The highest BCUT2D eigenvalue weighted by molar-refractivity contribution is 5.92. The first-order chi connectivity index (χ1) is 18.9. The van der Waals surface area contributed by atoms with Crippen LogP contribution in [0.4, 0.5) is 0 Å². The molecule has 0 fully saturated rings. The second-order valence-corrected chi connectivity index (χ2v) is 9.13. The van der Waals surface area contributed by atoms with Gasteiger partial charge in [0, 0.05) is 22.3 Å². The van der Waals surface area contributed by atoms with E-state index in [0.29, 0.717) is 22.4 Å². The van der Waals surface area contributed by atoms with Crippen LogP contribution < -0.4 is 14.2 Å². The van der Waals surface area contributed by atoms with E-state index in [9.17, 15) is 14.4 Å². The van der Waals surface area contributed by atoms with Gasteiger partial charge in [0.2, 0.25) is 0 Å².